The van der Waals surface area contributed by atoms with Gasteiger partial charge in [0.2, 0.25) is 5.91 Å². The Labute approximate surface area is 184 Å². The van der Waals surface area contributed by atoms with E-state index in [1.54, 1.807) is 36.1 Å². The van der Waals surface area contributed by atoms with Gasteiger partial charge in [0.05, 0.1) is 18.6 Å². The number of nitrogens with zero attached hydrogens (tertiary/aromatic N) is 2. The van der Waals surface area contributed by atoms with E-state index in [0.717, 1.165) is 29.5 Å². The summed E-state index contributed by atoms with van der Waals surface area (Å²) in [7, 11) is 1.47. The Morgan fingerprint density at radius 1 is 1.16 bits per heavy atom. The first-order chi connectivity index (χ1) is 14.9. The summed E-state index contributed by atoms with van der Waals surface area (Å²) in [4.78, 5) is 51.7. The van der Waals surface area contributed by atoms with Crippen molar-refractivity contribution in [1.82, 2.24) is 9.80 Å². The quantitative estimate of drug-likeness (QED) is 0.441. The summed E-state index contributed by atoms with van der Waals surface area (Å²) in [6.07, 6.45) is 3.42. The number of carbonyl (C=O) groups is 4. The lowest BCUT2D eigenvalue weighted by Gasteiger charge is -2.18. The summed E-state index contributed by atoms with van der Waals surface area (Å²) < 4.78 is 15.6. The highest BCUT2D eigenvalue weighted by Gasteiger charge is 2.37. The minimum absolute atomic E-state index is 0.209. The number of likely N-dealkylation sites (tertiary alicyclic amines) is 1. The molecule has 3 amide bonds. The van der Waals surface area contributed by atoms with E-state index < -0.39 is 17.1 Å². The highest BCUT2D eigenvalue weighted by Crippen LogP contribution is 2.34. The maximum atomic E-state index is 12.7. The molecule has 0 saturated carbocycles. The molecule has 0 atom stereocenters. The van der Waals surface area contributed by atoms with Crippen LogP contribution in [0.4, 0.5) is 4.79 Å². The molecule has 2 fully saturated rings. The van der Waals surface area contributed by atoms with Gasteiger partial charge < -0.3 is 19.1 Å². The largest absolute Gasteiger partial charge is 0.493 e. The van der Waals surface area contributed by atoms with Gasteiger partial charge in [-0.1, -0.05) is 6.07 Å². The fourth-order valence-electron chi connectivity index (χ4n) is 3.22. The van der Waals surface area contributed by atoms with Gasteiger partial charge in [-0.05, 0) is 55.3 Å². The third kappa shape index (κ3) is 5.57. The van der Waals surface area contributed by atoms with Crippen LogP contribution in [0.1, 0.15) is 25.3 Å². The lowest BCUT2D eigenvalue weighted by Crippen LogP contribution is -2.40. The third-order valence-corrected chi connectivity index (χ3v) is 5.67. The smallest absolute Gasteiger partial charge is 0.344 e. The van der Waals surface area contributed by atoms with Gasteiger partial charge >= 0.3 is 5.97 Å². The average Bonchev–Trinajstić information content (AvgIpc) is 3.38. The lowest BCUT2D eigenvalue weighted by atomic mass is 10.2. The van der Waals surface area contributed by atoms with Crippen molar-refractivity contribution in [3.8, 4) is 11.5 Å². The number of amides is 3. The predicted molar refractivity (Wildman–Crippen MR) is 114 cm³/mol. The van der Waals surface area contributed by atoms with Crippen LogP contribution in [0.25, 0.3) is 6.08 Å². The molecule has 0 radical (unpaired) electrons. The summed E-state index contributed by atoms with van der Waals surface area (Å²) in [5.74, 6) is -0.537. The molecule has 0 aromatic heterocycles. The fraction of sp³-hybridized carbons (Fsp3) is 0.429. The molecule has 0 unspecified atom stereocenters. The Morgan fingerprint density at radius 3 is 2.58 bits per heavy atom. The molecule has 2 saturated heterocycles. The molecule has 0 aliphatic carbocycles. The molecule has 2 aliphatic rings. The highest BCUT2D eigenvalue weighted by atomic mass is 32.2. The summed E-state index contributed by atoms with van der Waals surface area (Å²) >= 11 is 0.783. The predicted octanol–water partition coefficient (Wildman–Crippen LogP) is 2.30. The number of hydrogen-bond acceptors (Lipinski definition) is 8. The molecule has 0 N–H and O–H groups in total. The standard InChI is InChI=1S/C21H24N2O7S/c1-3-29-19(25)13-30-16-10-14(6-7-15(16)28-2)11-17-20(26)23(21(27)31-17)12-18(24)22-8-4-5-9-22/h6-7,10-11H,3-5,8-9,12-13H2,1-2H3/b17-11-. The first-order valence-electron chi connectivity index (χ1n) is 9.92. The van der Waals surface area contributed by atoms with Gasteiger partial charge in [-0.25, -0.2) is 4.79 Å². The van der Waals surface area contributed by atoms with Crippen molar-refractivity contribution in [3.63, 3.8) is 0 Å². The molecule has 2 heterocycles. The van der Waals surface area contributed by atoms with Gasteiger partial charge in [0.1, 0.15) is 6.54 Å². The number of benzene rings is 1. The van der Waals surface area contributed by atoms with Gasteiger partial charge in [0.25, 0.3) is 11.1 Å². The lowest BCUT2D eigenvalue weighted by molar-refractivity contribution is -0.145. The Balaban J connectivity index is 1.72. The van der Waals surface area contributed by atoms with Crippen molar-refractivity contribution >= 4 is 40.9 Å². The minimum atomic E-state index is -0.515. The van der Waals surface area contributed by atoms with Crippen molar-refractivity contribution in [2.75, 3.05) is 40.0 Å². The number of hydrogen-bond donors (Lipinski definition) is 0. The van der Waals surface area contributed by atoms with Crippen molar-refractivity contribution in [2.45, 2.75) is 19.8 Å². The van der Waals surface area contributed by atoms with Gasteiger partial charge in [-0.15, -0.1) is 0 Å². The zero-order valence-electron chi connectivity index (χ0n) is 17.4. The SMILES string of the molecule is CCOC(=O)COc1cc(/C=C2\SC(=O)N(CC(=O)N3CCCC3)C2=O)ccc1OC. The first-order valence-corrected chi connectivity index (χ1v) is 10.7. The molecular weight excluding hydrogens is 424 g/mol. The topological polar surface area (TPSA) is 102 Å². The first kappa shape index (κ1) is 22.7. The third-order valence-electron chi connectivity index (χ3n) is 4.76. The second-order valence-electron chi connectivity index (χ2n) is 6.86. The monoisotopic (exact) mass is 448 g/mol. The van der Waals surface area contributed by atoms with Crippen LogP contribution in [0, 0.1) is 0 Å². The fourth-order valence-corrected chi connectivity index (χ4v) is 4.06. The zero-order valence-corrected chi connectivity index (χ0v) is 18.2. The maximum Gasteiger partial charge on any atom is 0.344 e. The van der Waals surface area contributed by atoms with Gasteiger partial charge in [-0.2, -0.15) is 0 Å². The minimum Gasteiger partial charge on any atom is -0.493 e. The number of rotatable bonds is 8. The number of ether oxygens (including phenoxy) is 3. The second-order valence-corrected chi connectivity index (χ2v) is 7.85. The van der Waals surface area contributed by atoms with E-state index in [1.807, 2.05) is 0 Å². The van der Waals surface area contributed by atoms with Crippen LogP contribution in [0.3, 0.4) is 0 Å². The van der Waals surface area contributed by atoms with E-state index >= 15 is 0 Å². The number of thioether (sulfide) groups is 1. The summed E-state index contributed by atoms with van der Waals surface area (Å²) in [5.41, 5.74) is 0.580. The van der Waals surface area contributed by atoms with E-state index in [1.165, 1.54) is 7.11 Å². The molecule has 10 heteroatoms. The summed E-state index contributed by atoms with van der Waals surface area (Å²) in [6.45, 7) is 2.72. The molecule has 3 rings (SSSR count). The van der Waals surface area contributed by atoms with Crippen LogP contribution in [0.15, 0.2) is 23.1 Å². The average molecular weight is 448 g/mol. The number of methoxy groups -OCH3 is 1. The van der Waals surface area contributed by atoms with E-state index in [0.29, 0.717) is 30.2 Å². The van der Waals surface area contributed by atoms with E-state index in [4.69, 9.17) is 14.2 Å². The van der Waals surface area contributed by atoms with Gasteiger partial charge in [0.15, 0.2) is 18.1 Å². The molecule has 0 spiro atoms. The van der Waals surface area contributed by atoms with E-state index in [9.17, 15) is 19.2 Å². The van der Waals surface area contributed by atoms with Crippen LogP contribution >= 0.6 is 11.8 Å². The Morgan fingerprint density at radius 2 is 1.90 bits per heavy atom. The van der Waals surface area contributed by atoms with E-state index in [2.05, 4.69) is 0 Å². The number of esters is 1. The van der Waals surface area contributed by atoms with E-state index in [-0.39, 0.29) is 30.6 Å². The molecule has 9 nitrogen and oxygen atoms in total. The molecule has 0 bridgehead atoms. The van der Waals surface area contributed by atoms with Crippen LogP contribution in [-0.2, 0) is 19.1 Å². The number of carbonyl (C=O) groups excluding carboxylic acids is 4. The van der Waals surface area contributed by atoms with Crippen LogP contribution in [0.2, 0.25) is 0 Å². The Kier molecular flexibility index (Phi) is 7.56. The Bertz CT molecular complexity index is 909. The van der Waals surface area contributed by atoms with Gasteiger partial charge in [0, 0.05) is 13.1 Å². The molecule has 31 heavy (non-hydrogen) atoms. The molecule has 1 aromatic rings. The highest BCUT2D eigenvalue weighted by molar-refractivity contribution is 8.18. The van der Waals surface area contributed by atoms with Crippen molar-refractivity contribution in [1.29, 1.82) is 0 Å². The summed E-state index contributed by atoms with van der Waals surface area (Å²) in [5, 5.41) is -0.476. The zero-order chi connectivity index (χ0) is 22.4. The van der Waals surface area contributed by atoms with Crippen molar-refractivity contribution in [3.05, 3.63) is 28.7 Å². The second kappa shape index (κ2) is 10.3. The van der Waals surface area contributed by atoms with Crippen LogP contribution < -0.4 is 9.47 Å². The normalized spacial score (nSPS) is 17.4. The van der Waals surface area contributed by atoms with Gasteiger partial charge in [-0.3, -0.25) is 19.3 Å². The molecule has 1 aromatic carbocycles. The van der Waals surface area contributed by atoms with Crippen molar-refractivity contribution in [2.24, 2.45) is 0 Å². The summed E-state index contributed by atoms with van der Waals surface area (Å²) in [6, 6.07) is 4.92. The van der Waals surface area contributed by atoms with Crippen LogP contribution in [-0.4, -0.2) is 72.8 Å². The Hall–Kier alpha value is -3.01. The number of imide groups is 1. The molecular formula is C21H24N2O7S. The maximum absolute atomic E-state index is 12.7. The van der Waals surface area contributed by atoms with Crippen LogP contribution in [0.5, 0.6) is 11.5 Å². The molecule has 2 aliphatic heterocycles. The van der Waals surface area contributed by atoms with Crippen molar-refractivity contribution < 1.29 is 33.4 Å². The molecule has 166 valence electrons.